The molecule has 9 nitrogen and oxygen atoms in total. The maximum Gasteiger partial charge on any atom is 0.337 e. The van der Waals surface area contributed by atoms with Gasteiger partial charge in [0, 0.05) is 48.5 Å². The van der Waals surface area contributed by atoms with E-state index >= 15 is 0 Å². The van der Waals surface area contributed by atoms with Gasteiger partial charge in [0.2, 0.25) is 5.95 Å². The van der Waals surface area contributed by atoms with Crippen LogP contribution in [-0.4, -0.2) is 82.0 Å². The molecule has 42 heavy (non-hydrogen) atoms. The van der Waals surface area contributed by atoms with Crippen molar-refractivity contribution in [2.45, 2.75) is 45.4 Å². The molecule has 2 aromatic carbocycles. The molecule has 6 rings (SSSR count). The van der Waals surface area contributed by atoms with Crippen LogP contribution in [0, 0.1) is 6.92 Å². The summed E-state index contributed by atoms with van der Waals surface area (Å²) in [6, 6.07) is 11.8. The molecule has 2 aliphatic rings. The minimum absolute atomic E-state index is 0.528. The molecule has 2 aliphatic heterocycles. The minimum atomic E-state index is -1.17. The lowest BCUT2D eigenvalue weighted by atomic mass is 9.91. The summed E-state index contributed by atoms with van der Waals surface area (Å²) in [6.45, 7) is 12.7. The summed E-state index contributed by atoms with van der Waals surface area (Å²) in [5.41, 5.74) is 3.87. The first-order chi connectivity index (χ1) is 20.1. The van der Waals surface area contributed by atoms with E-state index in [-0.39, 0.29) is 0 Å². The predicted octanol–water partition coefficient (Wildman–Crippen LogP) is 5.84. The summed E-state index contributed by atoms with van der Waals surface area (Å²) < 4.78 is 12.4. The Labute approximate surface area is 254 Å². The van der Waals surface area contributed by atoms with Gasteiger partial charge in [-0.2, -0.15) is 0 Å². The standard InChI is InChI=1S/C31H34ClN5O4S/c1-18-15-23-27(25(19-5-7-20(32)8-6-19)24(18)26(29(38)39)41-31(2,3)4)42-28(34-23)22-9-10-33-30(35-22)37-13-11-36(12-14-37)21-16-40-17-21/h5-10,15,21,26H,11-14,16-17H2,1-4H3,(H,38,39)/t26-/m0/s1. The smallest absolute Gasteiger partial charge is 0.337 e. The number of aromatic nitrogens is 3. The van der Waals surface area contributed by atoms with Gasteiger partial charge in [-0.1, -0.05) is 23.7 Å². The summed E-state index contributed by atoms with van der Waals surface area (Å²) in [4.78, 5) is 31.8. The van der Waals surface area contributed by atoms with Crippen molar-refractivity contribution in [3.63, 3.8) is 0 Å². The van der Waals surface area contributed by atoms with Gasteiger partial charge < -0.3 is 19.5 Å². The summed E-state index contributed by atoms with van der Waals surface area (Å²) in [5.74, 6) is -0.353. The number of carbonyl (C=O) groups is 1. The molecule has 220 valence electrons. The molecule has 2 saturated heterocycles. The van der Waals surface area contributed by atoms with E-state index in [0.717, 1.165) is 77.0 Å². The van der Waals surface area contributed by atoms with Gasteiger partial charge in [-0.05, 0) is 63.1 Å². The number of ether oxygens (including phenoxy) is 2. The Kier molecular flexibility index (Phi) is 7.93. The van der Waals surface area contributed by atoms with Crippen LogP contribution in [0.4, 0.5) is 5.95 Å². The van der Waals surface area contributed by atoms with Crippen molar-refractivity contribution in [2.75, 3.05) is 44.3 Å². The first-order valence-corrected chi connectivity index (χ1v) is 15.3. The van der Waals surface area contributed by atoms with E-state index < -0.39 is 17.7 Å². The molecule has 0 saturated carbocycles. The first-order valence-electron chi connectivity index (χ1n) is 14.1. The molecule has 0 unspecified atom stereocenters. The number of carboxylic acid groups (broad SMARTS) is 1. The van der Waals surface area contributed by atoms with Crippen molar-refractivity contribution in [2.24, 2.45) is 0 Å². The van der Waals surface area contributed by atoms with Crippen LogP contribution in [0.15, 0.2) is 42.6 Å². The Hall–Kier alpha value is -3.15. The topological polar surface area (TPSA) is 101 Å². The van der Waals surface area contributed by atoms with Gasteiger partial charge in [0.15, 0.2) is 6.10 Å². The maximum atomic E-state index is 12.6. The summed E-state index contributed by atoms with van der Waals surface area (Å²) in [5, 5.41) is 11.7. The van der Waals surface area contributed by atoms with Crippen LogP contribution in [-0.2, 0) is 14.3 Å². The van der Waals surface area contributed by atoms with E-state index in [2.05, 4.69) is 14.8 Å². The van der Waals surface area contributed by atoms with Crippen molar-refractivity contribution in [3.05, 3.63) is 58.7 Å². The monoisotopic (exact) mass is 607 g/mol. The fourth-order valence-electron chi connectivity index (χ4n) is 5.49. The number of anilines is 1. The molecular weight excluding hydrogens is 574 g/mol. The van der Waals surface area contributed by atoms with Crippen LogP contribution >= 0.6 is 22.9 Å². The number of thiazole rings is 1. The van der Waals surface area contributed by atoms with Gasteiger partial charge >= 0.3 is 5.97 Å². The van der Waals surface area contributed by atoms with E-state index in [1.165, 1.54) is 11.3 Å². The number of hydrogen-bond acceptors (Lipinski definition) is 9. The zero-order chi connectivity index (χ0) is 29.6. The molecule has 1 atom stereocenters. The number of rotatable bonds is 7. The van der Waals surface area contributed by atoms with Crippen LogP contribution in [0.1, 0.15) is 38.0 Å². The molecular formula is C31H34ClN5O4S. The SMILES string of the molecule is Cc1cc2nc(-c3ccnc(N4CCN(C5COC5)CC4)n3)sc2c(-c2ccc(Cl)cc2)c1[C@H](OC(C)(C)C)C(=O)O. The molecule has 11 heteroatoms. The summed E-state index contributed by atoms with van der Waals surface area (Å²) >= 11 is 7.72. The van der Waals surface area contributed by atoms with Crippen molar-refractivity contribution < 1.29 is 19.4 Å². The fraction of sp³-hybridized carbons (Fsp3) is 0.419. The Morgan fingerprint density at radius 2 is 1.83 bits per heavy atom. The van der Waals surface area contributed by atoms with Crippen molar-refractivity contribution in [1.82, 2.24) is 19.9 Å². The van der Waals surface area contributed by atoms with E-state index in [4.69, 9.17) is 31.0 Å². The molecule has 0 radical (unpaired) electrons. The van der Waals surface area contributed by atoms with Gasteiger partial charge in [-0.15, -0.1) is 11.3 Å². The zero-order valence-electron chi connectivity index (χ0n) is 24.1. The second kappa shape index (κ2) is 11.5. The Morgan fingerprint density at radius 1 is 1.12 bits per heavy atom. The highest BCUT2D eigenvalue weighted by Crippen LogP contribution is 2.44. The van der Waals surface area contributed by atoms with Crippen molar-refractivity contribution in [3.8, 4) is 21.8 Å². The lowest BCUT2D eigenvalue weighted by molar-refractivity contribution is -0.160. The number of piperazine rings is 1. The maximum absolute atomic E-state index is 12.6. The fourth-order valence-corrected chi connectivity index (χ4v) is 6.71. The number of hydrogen-bond donors (Lipinski definition) is 1. The summed E-state index contributed by atoms with van der Waals surface area (Å²) in [6.07, 6.45) is 0.617. The van der Waals surface area contributed by atoms with Crippen LogP contribution in [0.25, 0.3) is 32.0 Å². The number of carboxylic acids is 1. The first kappa shape index (κ1) is 28.9. The van der Waals surface area contributed by atoms with E-state index in [1.54, 1.807) is 6.20 Å². The third-order valence-electron chi connectivity index (χ3n) is 7.61. The van der Waals surface area contributed by atoms with Crippen LogP contribution < -0.4 is 4.90 Å². The van der Waals surface area contributed by atoms with E-state index in [9.17, 15) is 9.90 Å². The molecule has 0 amide bonds. The normalized spacial score (nSPS) is 17.4. The van der Waals surface area contributed by atoms with Crippen LogP contribution in [0.2, 0.25) is 5.02 Å². The molecule has 0 spiro atoms. The predicted molar refractivity (Wildman–Crippen MR) is 165 cm³/mol. The highest BCUT2D eigenvalue weighted by atomic mass is 35.5. The third kappa shape index (κ3) is 5.87. The summed E-state index contributed by atoms with van der Waals surface area (Å²) in [7, 11) is 0. The average Bonchev–Trinajstić information content (AvgIpc) is 3.34. The molecule has 0 bridgehead atoms. The van der Waals surface area contributed by atoms with E-state index in [0.29, 0.717) is 22.6 Å². The molecule has 2 aromatic heterocycles. The lowest BCUT2D eigenvalue weighted by Crippen LogP contribution is -2.56. The van der Waals surface area contributed by atoms with Gasteiger partial charge in [0.05, 0.1) is 35.1 Å². The van der Waals surface area contributed by atoms with Gasteiger partial charge in [-0.3, -0.25) is 4.90 Å². The minimum Gasteiger partial charge on any atom is -0.479 e. The lowest BCUT2D eigenvalue weighted by Gasteiger charge is -2.42. The number of benzene rings is 2. The van der Waals surface area contributed by atoms with Gasteiger partial charge in [0.25, 0.3) is 0 Å². The second-order valence-corrected chi connectivity index (χ2v) is 13.2. The second-order valence-electron chi connectivity index (χ2n) is 11.8. The van der Waals surface area contributed by atoms with Crippen LogP contribution in [0.3, 0.4) is 0 Å². The molecule has 2 fully saturated rings. The molecule has 4 aromatic rings. The van der Waals surface area contributed by atoms with Crippen molar-refractivity contribution >= 4 is 45.1 Å². The average molecular weight is 608 g/mol. The number of fused-ring (bicyclic) bond motifs is 1. The number of aryl methyl sites for hydroxylation is 1. The number of nitrogens with zero attached hydrogens (tertiary/aromatic N) is 5. The van der Waals surface area contributed by atoms with Gasteiger partial charge in [-0.25, -0.2) is 19.7 Å². The van der Waals surface area contributed by atoms with Crippen LogP contribution in [0.5, 0.6) is 0 Å². The Morgan fingerprint density at radius 3 is 2.45 bits per heavy atom. The zero-order valence-corrected chi connectivity index (χ0v) is 25.7. The van der Waals surface area contributed by atoms with Crippen molar-refractivity contribution in [1.29, 1.82) is 0 Å². The van der Waals surface area contributed by atoms with E-state index in [1.807, 2.05) is 64.1 Å². The Bertz CT molecular complexity index is 1610. The largest absolute Gasteiger partial charge is 0.479 e. The highest BCUT2D eigenvalue weighted by Gasteiger charge is 2.33. The Balaban J connectivity index is 1.41. The molecule has 0 aliphatic carbocycles. The van der Waals surface area contributed by atoms with Gasteiger partial charge in [0.1, 0.15) is 10.7 Å². The molecule has 1 N–H and O–H groups in total. The molecule has 4 heterocycles. The highest BCUT2D eigenvalue weighted by molar-refractivity contribution is 7.22. The third-order valence-corrected chi connectivity index (χ3v) is 8.98. The number of aliphatic carboxylic acids is 1. The number of halogens is 1. The quantitative estimate of drug-likeness (QED) is 0.277.